The highest BCUT2D eigenvalue weighted by Gasteiger charge is 2.22. The van der Waals surface area contributed by atoms with Crippen molar-refractivity contribution in [1.29, 1.82) is 0 Å². The maximum Gasteiger partial charge on any atom is 0.243 e. The van der Waals surface area contributed by atoms with Gasteiger partial charge in [0.1, 0.15) is 4.90 Å². The van der Waals surface area contributed by atoms with Crippen LogP contribution >= 0.6 is 0 Å². The van der Waals surface area contributed by atoms with Crippen molar-refractivity contribution in [2.75, 3.05) is 5.73 Å². The van der Waals surface area contributed by atoms with E-state index in [2.05, 4.69) is 14.9 Å². The minimum absolute atomic E-state index is 0.130. The van der Waals surface area contributed by atoms with Crippen LogP contribution < -0.4 is 10.5 Å². The lowest BCUT2D eigenvalue weighted by atomic mass is 10.2. The van der Waals surface area contributed by atoms with Gasteiger partial charge in [-0.05, 0) is 25.5 Å². The van der Waals surface area contributed by atoms with Crippen LogP contribution in [0.25, 0.3) is 0 Å². The van der Waals surface area contributed by atoms with E-state index in [-0.39, 0.29) is 16.6 Å². The fraction of sp³-hybridized carbons (Fsp3) is 0.250. The average Bonchev–Trinajstić information content (AvgIpc) is 2.80. The Morgan fingerprint density at radius 2 is 2.16 bits per heavy atom. The molecule has 2 rings (SSSR count). The first kappa shape index (κ1) is 13.6. The topological polar surface area (TPSA) is 101 Å². The Morgan fingerprint density at radius 1 is 1.42 bits per heavy atom. The summed E-state index contributed by atoms with van der Waals surface area (Å²) in [6.07, 6.45) is 3.22. The van der Waals surface area contributed by atoms with E-state index in [0.29, 0.717) is 5.56 Å². The van der Waals surface area contributed by atoms with Crippen LogP contribution in [0.1, 0.15) is 24.1 Å². The average molecular weight is 280 g/mol. The van der Waals surface area contributed by atoms with Gasteiger partial charge in [-0.2, -0.15) is 5.10 Å². The van der Waals surface area contributed by atoms with E-state index in [9.17, 15) is 8.42 Å². The summed E-state index contributed by atoms with van der Waals surface area (Å²) >= 11 is 0. The largest absolute Gasteiger partial charge is 0.398 e. The number of aromatic amines is 1. The Kier molecular flexibility index (Phi) is 3.59. The first-order chi connectivity index (χ1) is 8.92. The van der Waals surface area contributed by atoms with Gasteiger partial charge in [-0.15, -0.1) is 0 Å². The summed E-state index contributed by atoms with van der Waals surface area (Å²) in [4.78, 5) is 0.130. The number of rotatable bonds is 4. The smallest absolute Gasteiger partial charge is 0.243 e. The number of aromatic nitrogens is 2. The molecule has 102 valence electrons. The molecule has 0 aliphatic rings. The molecule has 2 aromatic rings. The molecule has 1 unspecified atom stereocenters. The second kappa shape index (κ2) is 5.02. The van der Waals surface area contributed by atoms with E-state index < -0.39 is 10.0 Å². The quantitative estimate of drug-likeness (QED) is 0.736. The van der Waals surface area contributed by atoms with Crippen molar-refractivity contribution in [3.63, 3.8) is 0 Å². The number of nitrogen functional groups attached to an aromatic ring is 1. The van der Waals surface area contributed by atoms with Crippen molar-refractivity contribution in [2.24, 2.45) is 0 Å². The SMILES string of the molecule is Cc1cccc(N)c1S(=O)(=O)NC(C)c1cn[nH]c1. The Bertz CT molecular complexity index is 645. The molecule has 0 saturated heterocycles. The third-order valence-corrected chi connectivity index (χ3v) is 4.62. The third kappa shape index (κ3) is 2.77. The molecule has 19 heavy (non-hydrogen) atoms. The molecule has 1 aromatic carbocycles. The molecule has 4 N–H and O–H groups in total. The predicted molar refractivity (Wildman–Crippen MR) is 72.9 cm³/mol. The maximum absolute atomic E-state index is 12.4. The zero-order valence-electron chi connectivity index (χ0n) is 10.7. The normalized spacial score (nSPS) is 13.4. The number of hydrogen-bond donors (Lipinski definition) is 3. The number of benzene rings is 1. The van der Waals surface area contributed by atoms with Crippen molar-refractivity contribution < 1.29 is 8.42 Å². The van der Waals surface area contributed by atoms with Gasteiger partial charge in [0.05, 0.1) is 11.9 Å². The zero-order valence-corrected chi connectivity index (χ0v) is 11.5. The molecule has 0 radical (unpaired) electrons. The van der Waals surface area contributed by atoms with E-state index in [4.69, 9.17) is 5.73 Å². The fourth-order valence-electron chi connectivity index (χ4n) is 1.90. The van der Waals surface area contributed by atoms with Crippen molar-refractivity contribution in [2.45, 2.75) is 24.8 Å². The molecule has 0 amide bonds. The van der Waals surface area contributed by atoms with Gasteiger partial charge in [0.2, 0.25) is 10.0 Å². The second-order valence-corrected chi connectivity index (χ2v) is 6.02. The fourth-order valence-corrected chi connectivity index (χ4v) is 3.49. The Morgan fingerprint density at radius 3 is 2.74 bits per heavy atom. The number of nitrogens with one attached hydrogen (secondary N) is 2. The van der Waals surface area contributed by atoms with E-state index in [1.165, 1.54) is 0 Å². The molecule has 1 atom stereocenters. The lowest BCUT2D eigenvalue weighted by Gasteiger charge is -2.15. The number of hydrogen-bond acceptors (Lipinski definition) is 4. The maximum atomic E-state index is 12.4. The number of anilines is 1. The molecule has 0 aliphatic heterocycles. The van der Waals surface area contributed by atoms with Crippen molar-refractivity contribution in [1.82, 2.24) is 14.9 Å². The zero-order chi connectivity index (χ0) is 14.0. The van der Waals surface area contributed by atoms with Crippen LogP contribution in [-0.2, 0) is 10.0 Å². The standard InChI is InChI=1S/C12H16N4O2S/c1-8-4-3-5-11(13)12(8)19(17,18)16-9(2)10-6-14-15-7-10/h3-7,9,16H,13H2,1-2H3,(H,14,15). The number of aryl methyl sites for hydroxylation is 1. The van der Waals surface area contributed by atoms with Crippen LogP contribution in [0.15, 0.2) is 35.5 Å². The van der Waals surface area contributed by atoms with Crippen LogP contribution in [0.4, 0.5) is 5.69 Å². The Balaban J connectivity index is 2.33. The van der Waals surface area contributed by atoms with Crippen molar-refractivity contribution in [3.8, 4) is 0 Å². The monoisotopic (exact) mass is 280 g/mol. The van der Waals surface area contributed by atoms with E-state index in [1.807, 2.05) is 0 Å². The van der Waals surface area contributed by atoms with Gasteiger partial charge in [-0.1, -0.05) is 12.1 Å². The molecule has 0 fully saturated rings. The number of sulfonamides is 1. The van der Waals surface area contributed by atoms with Crippen LogP contribution in [-0.4, -0.2) is 18.6 Å². The van der Waals surface area contributed by atoms with E-state index in [0.717, 1.165) is 5.56 Å². The number of nitrogens with two attached hydrogens (primary N) is 1. The summed E-state index contributed by atoms with van der Waals surface area (Å²) in [5.41, 5.74) is 7.38. The first-order valence-corrected chi connectivity index (χ1v) is 7.26. The van der Waals surface area contributed by atoms with Crippen LogP contribution in [0.5, 0.6) is 0 Å². The van der Waals surface area contributed by atoms with Gasteiger partial charge in [-0.25, -0.2) is 13.1 Å². The van der Waals surface area contributed by atoms with Gasteiger partial charge in [0, 0.05) is 17.8 Å². The highest BCUT2D eigenvalue weighted by atomic mass is 32.2. The summed E-state index contributed by atoms with van der Waals surface area (Å²) in [7, 11) is -3.66. The molecule has 6 nitrogen and oxygen atoms in total. The number of H-pyrrole nitrogens is 1. The van der Waals surface area contributed by atoms with Crippen molar-refractivity contribution >= 4 is 15.7 Å². The summed E-state index contributed by atoms with van der Waals surface area (Å²) in [6, 6.07) is 4.63. The highest BCUT2D eigenvalue weighted by Crippen LogP contribution is 2.24. The molecule has 7 heteroatoms. The molecule has 1 heterocycles. The number of nitrogens with zero attached hydrogens (tertiary/aromatic N) is 1. The molecular formula is C12H16N4O2S. The first-order valence-electron chi connectivity index (χ1n) is 5.78. The third-order valence-electron chi connectivity index (χ3n) is 2.86. The molecule has 0 bridgehead atoms. The summed E-state index contributed by atoms with van der Waals surface area (Å²) < 4.78 is 27.3. The Hall–Kier alpha value is -1.86. The second-order valence-electron chi connectivity index (χ2n) is 4.37. The van der Waals surface area contributed by atoms with Crippen LogP contribution in [0.2, 0.25) is 0 Å². The summed E-state index contributed by atoms with van der Waals surface area (Å²) in [5.74, 6) is 0. The molecule has 0 aliphatic carbocycles. The lowest BCUT2D eigenvalue weighted by molar-refractivity contribution is 0.567. The van der Waals surface area contributed by atoms with Crippen molar-refractivity contribution in [3.05, 3.63) is 41.7 Å². The van der Waals surface area contributed by atoms with Gasteiger partial charge >= 0.3 is 0 Å². The summed E-state index contributed by atoms with van der Waals surface area (Å²) in [5, 5.41) is 6.45. The van der Waals surface area contributed by atoms with Crippen LogP contribution in [0.3, 0.4) is 0 Å². The predicted octanol–water partition coefficient (Wildman–Crippen LogP) is 1.34. The molecular weight excluding hydrogens is 264 g/mol. The van der Waals surface area contributed by atoms with Crippen LogP contribution in [0, 0.1) is 6.92 Å². The molecule has 1 aromatic heterocycles. The summed E-state index contributed by atoms with van der Waals surface area (Å²) in [6.45, 7) is 3.46. The Labute approximate surface area is 112 Å². The molecule has 0 saturated carbocycles. The minimum atomic E-state index is -3.66. The van der Waals surface area contributed by atoms with E-state index >= 15 is 0 Å². The highest BCUT2D eigenvalue weighted by molar-refractivity contribution is 7.89. The van der Waals surface area contributed by atoms with E-state index in [1.54, 1.807) is 44.4 Å². The molecule has 0 spiro atoms. The van der Waals surface area contributed by atoms with Gasteiger partial charge in [0.15, 0.2) is 0 Å². The van der Waals surface area contributed by atoms with Gasteiger partial charge < -0.3 is 5.73 Å². The van der Waals surface area contributed by atoms with Gasteiger partial charge in [0.25, 0.3) is 0 Å². The lowest BCUT2D eigenvalue weighted by Crippen LogP contribution is -2.28. The van der Waals surface area contributed by atoms with Gasteiger partial charge in [-0.3, -0.25) is 5.10 Å². The minimum Gasteiger partial charge on any atom is -0.398 e.